The van der Waals surface area contributed by atoms with Crippen molar-refractivity contribution in [2.75, 3.05) is 12.5 Å². The van der Waals surface area contributed by atoms with Crippen LogP contribution in [-0.4, -0.2) is 38.1 Å². The molecule has 2 aromatic heterocycles. The van der Waals surface area contributed by atoms with Gasteiger partial charge in [0.05, 0.1) is 5.75 Å². The van der Waals surface area contributed by atoms with Crippen LogP contribution in [0.4, 0.5) is 0 Å². The normalized spacial score (nSPS) is 12.2. The van der Waals surface area contributed by atoms with E-state index in [1.165, 1.54) is 11.8 Å². The average molecular weight is 451 g/mol. The second-order valence-corrected chi connectivity index (χ2v) is 8.01. The minimum Gasteiger partial charge on any atom is -0.454 e. The maximum Gasteiger partial charge on any atom is 0.231 e. The van der Waals surface area contributed by atoms with Crippen LogP contribution in [0.1, 0.15) is 10.4 Å². The summed E-state index contributed by atoms with van der Waals surface area (Å²) in [5.74, 6) is 2.04. The highest BCUT2D eigenvalue weighted by Crippen LogP contribution is 2.33. The van der Waals surface area contributed by atoms with E-state index in [9.17, 15) is 4.79 Å². The predicted octanol–water partition coefficient (Wildman–Crippen LogP) is 4.69. The lowest BCUT2D eigenvalue weighted by Crippen LogP contribution is -2.05. The van der Waals surface area contributed by atoms with Crippen LogP contribution in [0.15, 0.2) is 72.1 Å². The number of nitrogens with zero attached hydrogens (tertiary/aromatic N) is 4. The summed E-state index contributed by atoms with van der Waals surface area (Å²) in [5, 5.41) is 9.94. The van der Waals surface area contributed by atoms with Gasteiger partial charge in [0.2, 0.25) is 6.79 Å². The van der Waals surface area contributed by atoms with Crippen molar-refractivity contribution in [3.8, 4) is 28.6 Å². The van der Waals surface area contributed by atoms with Crippen LogP contribution in [0.2, 0.25) is 5.02 Å². The van der Waals surface area contributed by atoms with E-state index in [0.717, 1.165) is 11.3 Å². The summed E-state index contributed by atoms with van der Waals surface area (Å²) in [6, 6.07) is 16.3. The summed E-state index contributed by atoms with van der Waals surface area (Å²) in [6.07, 6.45) is 3.40. The summed E-state index contributed by atoms with van der Waals surface area (Å²) >= 11 is 7.38. The van der Waals surface area contributed by atoms with Gasteiger partial charge in [0.1, 0.15) is 0 Å². The molecular formula is C22H15ClN4O3S. The third-order valence-corrected chi connectivity index (χ3v) is 5.86. The van der Waals surface area contributed by atoms with Gasteiger partial charge < -0.3 is 9.47 Å². The number of ether oxygens (including phenoxy) is 2. The number of aromatic nitrogens is 4. The molecule has 1 aliphatic rings. The van der Waals surface area contributed by atoms with Crippen LogP contribution in [0.5, 0.6) is 11.5 Å². The van der Waals surface area contributed by atoms with Crippen molar-refractivity contribution >= 4 is 29.1 Å². The summed E-state index contributed by atoms with van der Waals surface area (Å²) in [6.45, 7) is 0.170. The Morgan fingerprint density at radius 2 is 1.77 bits per heavy atom. The second-order valence-electron chi connectivity index (χ2n) is 6.63. The first-order valence-corrected chi connectivity index (χ1v) is 10.7. The molecule has 9 heteroatoms. The van der Waals surface area contributed by atoms with Crippen molar-refractivity contribution in [3.63, 3.8) is 0 Å². The minimum atomic E-state index is -0.0422. The first-order chi connectivity index (χ1) is 15.2. The quantitative estimate of drug-likeness (QED) is 0.311. The van der Waals surface area contributed by atoms with E-state index in [2.05, 4.69) is 15.2 Å². The number of hydrogen-bond acceptors (Lipinski definition) is 7. The summed E-state index contributed by atoms with van der Waals surface area (Å²) in [5.41, 5.74) is 2.27. The van der Waals surface area contributed by atoms with Crippen molar-refractivity contribution in [2.24, 2.45) is 0 Å². The number of halogens is 1. The monoisotopic (exact) mass is 450 g/mol. The number of carbonyl (C=O) groups is 1. The molecule has 0 radical (unpaired) electrons. The van der Waals surface area contributed by atoms with Gasteiger partial charge in [-0.05, 0) is 54.6 Å². The number of ketones is 1. The summed E-state index contributed by atoms with van der Waals surface area (Å²) < 4.78 is 12.6. The van der Waals surface area contributed by atoms with Gasteiger partial charge in [0, 0.05) is 34.2 Å². The number of fused-ring (bicyclic) bond motifs is 1. The highest BCUT2D eigenvalue weighted by molar-refractivity contribution is 7.99. The van der Waals surface area contributed by atoms with Crippen LogP contribution in [-0.2, 0) is 0 Å². The summed E-state index contributed by atoms with van der Waals surface area (Å²) in [7, 11) is 0. The van der Waals surface area contributed by atoms with Gasteiger partial charge in [-0.15, -0.1) is 10.2 Å². The maximum atomic E-state index is 12.8. The number of Topliss-reactive ketones (excluding diaryl/α,β-unsaturated/α-hetero) is 1. The summed E-state index contributed by atoms with van der Waals surface area (Å²) in [4.78, 5) is 16.9. The molecule has 0 fully saturated rings. The first-order valence-electron chi connectivity index (χ1n) is 9.36. The van der Waals surface area contributed by atoms with Crippen LogP contribution in [0, 0.1) is 0 Å². The van der Waals surface area contributed by atoms with Crippen molar-refractivity contribution in [1.29, 1.82) is 0 Å². The molecule has 0 saturated heterocycles. The molecule has 0 amide bonds. The second kappa shape index (κ2) is 8.41. The fourth-order valence-corrected chi connectivity index (χ4v) is 4.13. The lowest BCUT2D eigenvalue weighted by molar-refractivity contribution is 0.102. The molecule has 154 valence electrons. The fourth-order valence-electron chi connectivity index (χ4n) is 3.16. The van der Waals surface area contributed by atoms with Crippen LogP contribution in [0.3, 0.4) is 0 Å². The van der Waals surface area contributed by atoms with Gasteiger partial charge in [-0.25, -0.2) is 0 Å². The van der Waals surface area contributed by atoms with E-state index in [-0.39, 0.29) is 18.3 Å². The van der Waals surface area contributed by atoms with E-state index in [0.29, 0.717) is 33.1 Å². The molecule has 0 unspecified atom stereocenters. The van der Waals surface area contributed by atoms with Crippen molar-refractivity contribution in [2.45, 2.75) is 5.16 Å². The highest BCUT2D eigenvalue weighted by atomic mass is 35.5. The molecule has 3 heterocycles. The average Bonchev–Trinajstić information content (AvgIpc) is 3.45. The number of benzene rings is 2. The Bertz CT molecular complexity index is 1250. The van der Waals surface area contributed by atoms with E-state index < -0.39 is 0 Å². The molecular weight excluding hydrogens is 436 g/mol. The topological polar surface area (TPSA) is 79.1 Å². The largest absolute Gasteiger partial charge is 0.454 e. The Balaban J connectivity index is 1.44. The number of carbonyl (C=O) groups excluding carboxylic acids is 1. The van der Waals surface area contributed by atoms with E-state index in [1.54, 1.807) is 42.7 Å². The first kappa shape index (κ1) is 19.6. The smallest absolute Gasteiger partial charge is 0.231 e. The van der Waals surface area contributed by atoms with Gasteiger partial charge in [0.25, 0.3) is 0 Å². The zero-order valence-electron chi connectivity index (χ0n) is 16.1. The molecule has 31 heavy (non-hydrogen) atoms. The van der Waals surface area contributed by atoms with Gasteiger partial charge in [-0.2, -0.15) is 0 Å². The Kier molecular flexibility index (Phi) is 5.31. The fraction of sp³-hybridized carbons (Fsp3) is 0.0909. The molecule has 0 aliphatic carbocycles. The third kappa shape index (κ3) is 3.99. The standard InChI is InChI=1S/C22H15ClN4O3S/c23-16-2-4-17(5-3-16)27-21(14-7-9-24-10-8-14)25-26-22(27)31-12-18(28)15-1-6-19-20(11-15)30-13-29-19/h1-11H,12-13H2. The molecule has 0 atom stereocenters. The van der Waals surface area contributed by atoms with Crippen LogP contribution >= 0.6 is 23.4 Å². The Hall–Kier alpha value is -3.36. The van der Waals surface area contributed by atoms with Gasteiger partial charge in [-0.1, -0.05) is 23.4 Å². The Morgan fingerprint density at radius 3 is 2.58 bits per heavy atom. The van der Waals surface area contributed by atoms with Crippen molar-refractivity contribution in [1.82, 2.24) is 19.7 Å². The minimum absolute atomic E-state index is 0.0422. The molecule has 0 spiro atoms. The molecule has 5 rings (SSSR count). The lowest BCUT2D eigenvalue weighted by Gasteiger charge is -2.10. The van der Waals surface area contributed by atoms with Gasteiger partial charge in [0.15, 0.2) is 28.3 Å². The van der Waals surface area contributed by atoms with E-state index in [4.69, 9.17) is 21.1 Å². The zero-order valence-corrected chi connectivity index (χ0v) is 17.6. The molecule has 0 saturated carbocycles. The molecule has 1 aliphatic heterocycles. The highest BCUT2D eigenvalue weighted by Gasteiger charge is 2.20. The van der Waals surface area contributed by atoms with Gasteiger partial charge >= 0.3 is 0 Å². The van der Waals surface area contributed by atoms with Crippen LogP contribution in [0.25, 0.3) is 17.1 Å². The molecule has 7 nitrogen and oxygen atoms in total. The Morgan fingerprint density at radius 1 is 1.00 bits per heavy atom. The SMILES string of the molecule is O=C(CSc1nnc(-c2ccncc2)n1-c1ccc(Cl)cc1)c1ccc2c(c1)OCO2. The van der Waals surface area contributed by atoms with E-state index >= 15 is 0 Å². The number of pyridine rings is 1. The lowest BCUT2D eigenvalue weighted by atomic mass is 10.1. The Labute approximate surface area is 187 Å². The van der Waals surface area contributed by atoms with E-state index in [1.807, 2.05) is 28.8 Å². The van der Waals surface area contributed by atoms with Crippen molar-refractivity contribution < 1.29 is 14.3 Å². The van der Waals surface area contributed by atoms with Gasteiger partial charge in [-0.3, -0.25) is 14.3 Å². The zero-order chi connectivity index (χ0) is 21.2. The number of rotatable bonds is 6. The molecule has 2 aromatic carbocycles. The molecule has 0 bridgehead atoms. The van der Waals surface area contributed by atoms with Crippen LogP contribution < -0.4 is 9.47 Å². The molecule has 4 aromatic rings. The molecule has 0 N–H and O–H groups in total. The number of hydrogen-bond donors (Lipinski definition) is 0. The van der Waals surface area contributed by atoms with Crippen molar-refractivity contribution in [3.05, 3.63) is 77.6 Å². The predicted molar refractivity (Wildman–Crippen MR) is 117 cm³/mol. The maximum absolute atomic E-state index is 12.8. The third-order valence-electron chi connectivity index (χ3n) is 4.68. The number of thioether (sulfide) groups is 1.